The third-order valence-electron chi connectivity index (χ3n) is 4.68. The van der Waals surface area contributed by atoms with Crippen LogP contribution < -0.4 is 0 Å². The van der Waals surface area contributed by atoms with Crippen molar-refractivity contribution in [1.29, 1.82) is 0 Å². The second kappa shape index (κ2) is 39.7. The molecule has 0 amide bonds. The summed E-state index contributed by atoms with van der Waals surface area (Å²) < 4.78 is 58.9. The van der Waals surface area contributed by atoms with Crippen LogP contribution >= 0.6 is 0 Å². The Kier molecular flexibility index (Phi) is 40.4. The van der Waals surface area contributed by atoms with Gasteiger partial charge in [-0.3, -0.25) is 0 Å². The summed E-state index contributed by atoms with van der Waals surface area (Å²) in [7, 11) is 0. The fourth-order valence-electron chi connectivity index (χ4n) is 2.52. The highest BCUT2D eigenvalue weighted by molar-refractivity contribution is 5.84. The van der Waals surface area contributed by atoms with Gasteiger partial charge in [0.2, 0.25) is 0 Å². The van der Waals surface area contributed by atoms with Crippen molar-refractivity contribution in [2.75, 3.05) is 152 Å². The molecule has 0 spiro atoms. The fraction of sp³-hybridized carbons (Fsp3) is 0.897. The van der Waals surface area contributed by atoms with E-state index in [4.69, 9.17) is 67.4 Å². The van der Waals surface area contributed by atoms with E-state index in [-0.39, 0.29) is 12.2 Å². The lowest BCUT2D eigenvalue weighted by Crippen LogP contribution is -2.16. The minimum Gasteiger partial charge on any atom is -0.478 e. The Bertz CT molecular complexity index is 569. The number of aliphatic hydroxyl groups excluding tert-OH is 2. The number of hydrogen-bond donors (Lipinski definition) is 3. The zero-order chi connectivity index (χ0) is 32.8. The molecule has 264 valence electrons. The number of aliphatic carboxylic acids is 1. The minimum atomic E-state index is -0.935. The number of carboxylic acid groups (broad SMARTS) is 1. The van der Waals surface area contributed by atoms with Gasteiger partial charge >= 0.3 is 5.97 Å². The molecule has 44 heavy (non-hydrogen) atoms. The lowest BCUT2D eigenvalue weighted by atomic mass is 10.4. The van der Waals surface area contributed by atoms with Gasteiger partial charge in [0.25, 0.3) is 0 Å². The highest BCUT2D eigenvalue weighted by atomic mass is 16.6. The van der Waals surface area contributed by atoms with Gasteiger partial charge in [0, 0.05) is 5.57 Å². The molecule has 0 aliphatic rings. The van der Waals surface area contributed by atoms with Gasteiger partial charge < -0.3 is 67.4 Å². The Morgan fingerprint density at radius 2 is 0.682 bits per heavy atom. The minimum absolute atomic E-state index is 0.0250. The summed E-state index contributed by atoms with van der Waals surface area (Å²) in [5.74, 6) is -0.935. The molecule has 15 nitrogen and oxygen atoms in total. The zero-order valence-electron chi connectivity index (χ0n) is 26.8. The smallest absolute Gasteiger partial charge is 0.330 e. The summed E-state index contributed by atoms with van der Waals surface area (Å²) in [5.41, 5.74) is 0.176. The molecule has 0 aromatic carbocycles. The van der Waals surface area contributed by atoms with Gasteiger partial charge in [-0.15, -0.1) is 0 Å². The summed E-state index contributed by atoms with van der Waals surface area (Å²) in [6.45, 7) is 16.9. The van der Waals surface area contributed by atoms with Crippen molar-refractivity contribution in [3.63, 3.8) is 0 Å². The molecule has 0 bridgehead atoms. The van der Waals surface area contributed by atoms with Gasteiger partial charge in [0.1, 0.15) is 0 Å². The van der Waals surface area contributed by atoms with E-state index >= 15 is 0 Å². The van der Waals surface area contributed by atoms with Crippen LogP contribution in [0.4, 0.5) is 0 Å². The molecule has 0 aliphatic heterocycles. The van der Waals surface area contributed by atoms with E-state index in [0.29, 0.717) is 145 Å². The highest BCUT2D eigenvalue weighted by Crippen LogP contribution is 1.88. The normalized spacial score (nSPS) is 11.7. The molecular formula is C29H58O15. The van der Waals surface area contributed by atoms with E-state index in [1.807, 2.05) is 0 Å². The van der Waals surface area contributed by atoms with Crippen molar-refractivity contribution in [1.82, 2.24) is 0 Å². The van der Waals surface area contributed by atoms with Gasteiger partial charge in [-0.25, -0.2) is 4.79 Å². The predicted octanol–water partition coefficient (Wildman–Crippen LogP) is 0.189. The number of rotatable bonds is 35. The summed E-state index contributed by atoms with van der Waals surface area (Å²) in [4.78, 5) is 9.60. The third kappa shape index (κ3) is 45.1. The maximum atomic E-state index is 9.60. The van der Waals surface area contributed by atoms with Gasteiger partial charge in [-0.1, -0.05) is 6.58 Å². The Labute approximate surface area is 262 Å². The molecule has 15 heteroatoms. The average Bonchev–Trinajstić information content (AvgIpc) is 2.99. The Morgan fingerprint density at radius 1 is 0.500 bits per heavy atom. The second-order valence-corrected chi connectivity index (χ2v) is 8.86. The van der Waals surface area contributed by atoms with Gasteiger partial charge in [0.15, 0.2) is 0 Å². The summed E-state index contributed by atoms with van der Waals surface area (Å²) >= 11 is 0. The van der Waals surface area contributed by atoms with Crippen LogP contribution in [-0.4, -0.2) is 179 Å². The molecule has 0 aromatic heterocycles. The Balaban J connectivity index is 0. The van der Waals surface area contributed by atoms with E-state index in [2.05, 4.69) is 6.58 Å². The van der Waals surface area contributed by atoms with Gasteiger partial charge in [-0.05, 0) is 13.8 Å². The molecule has 3 N–H and O–H groups in total. The van der Waals surface area contributed by atoms with Crippen molar-refractivity contribution in [3.8, 4) is 0 Å². The first-order valence-corrected chi connectivity index (χ1v) is 14.9. The standard InChI is InChI=1S/C25H52O13.C4H6O2/c1-25(27)24-38-23-22-37-21-20-36-19-18-35-17-16-34-15-14-33-13-12-32-11-10-31-9-8-30-7-6-29-5-4-28-3-2-26;1-3(2)4(5)6/h25-27H,2-24H2,1H3;1H2,2H3,(H,5,6). The molecule has 0 radical (unpaired) electrons. The molecule has 0 aromatic rings. The Morgan fingerprint density at radius 3 is 0.841 bits per heavy atom. The number of carbonyl (C=O) groups is 1. The van der Waals surface area contributed by atoms with E-state index in [1.54, 1.807) is 6.92 Å². The van der Waals surface area contributed by atoms with Crippen LogP contribution in [0.5, 0.6) is 0 Å². The molecule has 0 rings (SSSR count). The van der Waals surface area contributed by atoms with Crippen LogP contribution in [-0.2, 0) is 56.9 Å². The number of aliphatic hydroxyl groups is 2. The largest absolute Gasteiger partial charge is 0.478 e. The van der Waals surface area contributed by atoms with Crippen LogP contribution in [0.2, 0.25) is 0 Å². The highest BCUT2D eigenvalue weighted by Gasteiger charge is 1.97. The summed E-state index contributed by atoms with van der Waals surface area (Å²) in [6, 6.07) is 0. The monoisotopic (exact) mass is 646 g/mol. The molecule has 0 heterocycles. The maximum Gasteiger partial charge on any atom is 0.330 e. The van der Waals surface area contributed by atoms with Crippen LogP contribution in [0.3, 0.4) is 0 Å². The van der Waals surface area contributed by atoms with E-state index < -0.39 is 12.1 Å². The fourth-order valence-corrected chi connectivity index (χ4v) is 2.52. The number of ether oxygens (including phenoxy) is 11. The lowest BCUT2D eigenvalue weighted by Gasteiger charge is -2.09. The van der Waals surface area contributed by atoms with Crippen molar-refractivity contribution in [3.05, 3.63) is 12.2 Å². The maximum absolute atomic E-state index is 9.60. The molecule has 1 unspecified atom stereocenters. The van der Waals surface area contributed by atoms with Crippen LogP contribution in [0.1, 0.15) is 13.8 Å². The molecule has 0 saturated carbocycles. The number of carboxylic acids is 1. The molecule has 0 fully saturated rings. The molecular weight excluding hydrogens is 588 g/mol. The van der Waals surface area contributed by atoms with Crippen molar-refractivity contribution in [2.45, 2.75) is 20.0 Å². The zero-order valence-corrected chi connectivity index (χ0v) is 26.8. The van der Waals surface area contributed by atoms with Crippen molar-refractivity contribution < 1.29 is 72.2 Å². The first kappa shape index (κ1) is 44.8. The second-order valence-electron chi connectivity index (χ2n) is 8.86. The molecule has 1 atom stereocenters. The quantitative estimate of drug-likeness (QED) is 0.0627. The number of hydrogen-bond acceptors (Lipinski definition) is 14. The summed E-state index contributed by atoms with van der Waals surface area (Å²) in [5, 5.41) is 25.5. The SMILES string of the molecule is C=C(C)C(=O)O.CC(O)COCCOCCOCCOCCOCCOCCOCCOCCOCCOCCOCCO. The van der Waals surface area contributed by atoms with E-state index in [1.165, 1.54) is 6.92 Å². The third-order valence-corrected chi connectivity index (χ3v) is 4.68. The summed E-state index contributed by atoms with van der Waals surface area (Å²) in [6.07, 6.45) is -0.453. The average molecular weight is 647 g/mol. The van der Waals surface area contributed by atoms with E-state index in [0.717, 1.165) is 0 Å². The van der Waals surface area contributed by atoms with Crippen LogP contribution in [0.15, 0.2) is 12.2 Å². The molecule has 0 saturated heterocycles. The Hall–Kier alpha value is -1.31. The topological polar surface area (TPSA) is 179 Å². The first-order chi connectivity index (χ1) is 21.4. The molecule has 0 aliphatic carbocycles. The first-order valence-electron chi connectivity index (χ1n) is 14.9. The van der Waals surface area contributed by atoms with E-state index in [9.17, 15) is 4.79 Å². The predicted molar refractivity (Wildman–Crippen MR) is 160 cm³/mol. The van der Waals surface area contributed by atoms with Crippen LogP contribution in [0.25, 0.3) is 0 Å². The lowest BCUT2D eigenvalue weighted by molar-refractivity contribution is -0.132. The van der Waals surface area contributed by atoms with Crippen molar-refractivity contribution in [2.24, 2.45) is 0 Å². The van der Waals surface area contributed by atoms with Crippen LogP contribution in [0, 0.1) is 0 Å². The van der Waals surface area contributed by atoms with Crippen molar-refractivity contribution >= 4 is 5.97 Å². The van der Waals surface area contributed by atoms with Gasteiger partial charge in [-0.2, -0.15) is 0 Å². The van der Waals surface area contributed by atoms with Gasteiger partial charge in [0.05, 0.1) is 158 Å².